The third kappa shape index (κ3) is 3.56. The van der Waals surface area contributed by atoms with E-state index in [-0.39, 0.29) is 16.8 Å². The number of carbonyl (C=O) groups excluding carboxylic acids is 1. The van der Waals surface area contributed by atoms with Gasteiger partial charge in [-0.3, -0.25) is 4.79 Å². The molecular formula is C16H14ClNO4. The van der Waals surface area contributed by atoms with Gasteiger partial charge in [0.25, 0.3) is 5.91 Å². The molecule has 0 radical (unpaired) electrons. The molecule has 2 aromatic rings. The molecule has 0 heterocycles. The molecule has 22 heavy (non-hydrogen) atoms. The van der Waals surface area contributed by atoms with Crippen LogP contribution in [-0.2, 0) is 0 Å². The van der Waals surface area contributed by atoms with Crippen molar-refractivity contribution in [2.75, 3.05) is 11.9 Å². The summed E-state index contributed by atoms with van der Waals surface area (Å²) in [4.78, 5) is 23.6. The predicted octanol–water partition coefficient (Wildman–Crippen LogP) is 3.69. The third-order valence-corrected chi connectivity index (χ3v) is 3.13. The monoisotopic (exact) mass is 319 g/mol. The third-order valence-electron chi connectivity index (χ3n) is 2.89. The summed E-state index contributed by atoms with van der Waals surface area (Å²) in [5.41, 5.74) is 0.466. The van der Waals surface area contributed by atoms with Crippen LogP contribution in [0.5, 0.6) is 5.75 Å². The van der Waals surface area contributed by atoms with E-state index in [1.807, 2.05) is 0 Å². The molecule has 0 fully saturated rings. The van der Waals surface area contributed by atoms with E-state index < -0.39 is 11.9 Å². The molecule has 6 heteroatoms. The van der Waals surface area contributed by atoms with Gasteiger partial charge in [0.2, 0.25) is 0 Å². The Hall–Kier alpha value is -2.53. The van der Waals surface area contributed by atoms with Crippen LogP contribution in [0.15, 0.2) is 42.5 Å². The first kappa shape index (κ1) is 15.9. The van der Waals surface area contributed by atoms with Crippen molar-refractivity contribution in [2.24, 2.45) is 0 Å². The minimum Gasteiger partial charge on any atom is -0.493 e. The minimum atomic E-state index is -1.12. The summed E-state index contributed by atoms with van der Waals surface area (Å²) in [6, 6.07) is 10.9. The minimum absolute atomic E-state index is 0.0100. The lowest BCUT2D eigenvalue weighted by atomic mass is 10.1. The fourth-order valence-electron chi connectivity index (χ4n) is 1.93. The van der Waals surface area contributed by atoms with Gasteiger partial charge in [-0.15, -0.1) is 0 Å². The first-order valence-electron chi connectivity index (χ1n) is 6.59. The van der Waals surface area contributed by atoms with Crippen molar-refractivity contribution in [1.82, 2.24) is 0 Å². The number of aromatic carboxylic acids is 1. The van der Waals surface area contributed by atoms with Crippen molar-refractivity contribution in [3.8, 4) is 5.75 Å². The van der Waals surface area contributed by atoms with Gasteiger partial charge >= 0.3 is 5.97 Å². The van der Waals surface area contributed by atoms with Crippen LogP contribution in [-0.4, -0.2) is 23.6 Å². The van der Waals surface area contributed by atoms with Gasteiger partial charge in [-0.1, -0.05) is 23.7 Å². The Bertz CT molecular complexity index is 715. The molecule has 2 aromatic carbocycles. The van der Waals surface area contributed by atoms with E-state index in [0.717, 1.165) is 0 Å². The number of hydrogen-bond acceptors (Lipinski definition) is 3. The standard InChI is InChI=1S/C16H14ClNO4/c1-2-22-14-8-7-10(17)9-12(14)15(19)18-13-6-4-3-5-11(13)16(20)21/h3-9H,2H2,1H3,(H,18,19)(H,20,21). The Kier molecular flexibility index (Phi) is 5.01. The number of hydrogen-bond donors (Lipinski definition) is 2. The Balaban J connectivity index is 2.34. The zero-order valence-corrected chi connectivity index (χ0v) is 12.6. The zero-order chi connectivity index (χ0) is 16.1. The van der Waals surface area contributed by atoms with Crippen molar-refractivity contribution < 1.29 is 19.4 Å². The Morgan fingerprint density at radius 1 is 1.18 bits per heavy atom. The molecule has 0 unspecified atom stereocenters. The number of benzene rings is 2. The summed E-state index contributed by atoms with van der Waals surface area (Å²) in [6.45, 7) is 2.20. The summed E-state index contributed by atoms with van der Waals surface area (Å²) in [5, 5.41) is 12.1. The largest absolute Gasteiger partial charge is 0.493 e. The molecule has 0 aliphatic heterocycles. The van der Waals surface area contributed by atoms with Gasteiger partial charge in [0.05, 0.1) is 23.4 Å². The molecule has 0 aliphatic carbocycles. The molecule has 0 atom stereocenters. The lowest BCUT2D eigenvalue weighted by molar-refractivity contribution is 0.0698. The SMILES string of the molecule is CCOc1ccc(Cl)cc1C(=O)Nc1ccccc1C(=O)O. The molecule has 0 bridgehead atoms. The number of carboxylic acid groups (broad SMARTS) is 1. The van der Waals surface area contributed by atoms with Crippen LogP contribution in [0.25, 0.3) is 0 Å². The molecule has 1 amide bonds. The van der Waals surface area contributed by atoms with E-state index in [4.69, 9.17) is 21.4 Å². The normalized spacial score (nSPS) is 10.1. The highest BCUT2D eigenvalue weighted by atomic mass is 35.5. The van der Waals surface area contributed by atoms with E-state index in [0.29, 0.717) is 17.4 Å². The fourth-order valence-corrected chi connectivity index (χ4v) is 2.10. The van der Waals surface area contributed by atoms with Gasteiger partial charge in [-0.25, -0.2) is 4.79 Å². The van der Waals surface area contributed by atoms with Crippen LogP contribution in [0.1, 0.15) is 27.6 Å². The predicted molar refractivity (Wildman–Crippen MR) is 84.0 cm³/mol. The summed E-state index contributed by atoms with van der Waals surface area (Å²) < 4.78 is 5.39. The van der Waals surface area contributed by atoms with Gasteiger partial charge in [-0.2, -0.15) is 0 Å². The number of anilines is 1. The fraction of sp³-hybridized carbons (Fsp3) is 0.125. The van der Waals surface area contributed by atoms with E-state index in [9.17, 15) is 9.59 Å². The van der Waals surface area contributed by atoms with Gasteiger partial charge < -0.3 is 15.2 Å². The van der Waals surface area contributed by atoms with Crippen LogP contribution < -0.4 is 10.1 Å². The molecule has 0 saturated heterocycles. The second-order valence-electron chi connectivity index (χ2n) is 4.38. The van der Waals surface area contributed by atoms with Crippen molar-refractivity contribution in [3.05, 3.63) is 58.6 Å². The van der Waals surface area contributed by atoms with Crippen LogP contribution in [0.4, 0.5) is 5.69 Å². The van der Waals surface area contributed by atoms with Crippen molar-refractivity contribution in [3.63, 3.8) is 0 Å². The summed E-state index contributed by atoms with van der Waals surface area (Å²) >= 11 is 5.92. The summed E-state index contributed by atoms with van der Waals surface area (Å²) in [7, 11) is 0. The van der Waals surface area contributed by atoms with Crippen molar-refractivity contribution >= 4 is 29.2 Å². The lowest BCUT2D eigenvalue weighted by Crippen LogP contribution is -2.16. The van der Waals surface area contributed by atoms with Gasteiger partial charge in [0, 0.05) is 5.02 Å². The summed E-state index contributed by atoms with van der Waals surface area (Å²) in [6.07, 6.45) is 0. The smallest absolute Gasteiger partial charge is 0.337 e. The number of para-hydroxylation sites is 1. The average molecular weight is 320 g/mol. The average Bonchev–Trinajstić information content (AvgIpc) is 2.49. The van der Waals surface area contributed by atoms with E-state index in [1.54, 1.807) is 31.2 Å². The van der Waals surface area contributed by atoms with Gasteiger partial charge in [0.15, 0.2) is 0 Å². The van der Waals surface area contributed by atoms with Crippen molar-refractivity contribution in [2.45, 2.75) is 6.92 Å². The Morgan fingerprint density at radius 2 is 1.91 bits per heavy atom. The van der Waals surface area contributed by atoms with Crippen molar-refractivity contribution in [1.29, 1.82) is 0 Å². The molecule has 2 N–H and O–H groups in total. The number of nitrogens with one attached hydrogen (secondary N) is 1. The second kappa shape index (κ2) is 6.95. The Morgan fingerprint density at radius 3 is 2.59 bits per heavy atom. The van der Waals surface area contributed by atoms with E-state index in [1.165, 1.54) is 18.2 Å². The second-order valence-corrected chi connectivity index (χ2v) is 4.81. The van der Waals surface area contributed by atoms with Gasteiger partial charge in [-0.05, 0) is 37.3 Å². The highest BCUT2D eigenvalue weighted by molar-refractivity contribution is 6.31. The highest BCUT2D eigenvalue weighted by Gasteiger charge is 2.16. The van der Waals surface area contributed by atoms with E-state index in [2.05, 4.69) is 5.32 Å². The molecule has 0 aromatic heterocycles. The van der Waals surface area contributed by atoms with Crippen LogP contribution in [0, 0.1) is 0 Å². The number of carboxylic acids is 1. The summed E-state index contributed by atoms with van der Waals surface area (Å²) in [5.74, 6) is -1.22. The maximum Gasteiger partial charge on any atom is 0.337 e. The molecular weight excluding hydrogens is 306 g/mol. The molecule has 0 aliphatic rings. The first-order valence-corrected chi connectivity index (χ1v) is 6.96. The quantitative estimate of drug-likeness (QED) is 0.881. The van der Waals surface area contributed by atoms with Crippen LogP contribution >= 0.6 is 11.6 Å². The molecule has 2 rings (SSSR count). The molecule has 114 valence electrons. The highest BCUT2D eigenvalue weighted by Crippen LogP contribution is 2.25. The van der Waals surface area contributed by atoms with Gasteiger partial charge in [0.1, 0.15) is 5.75 Å². The number of halogens is 1. The first-order chi connectivity index (χ1) is 10.5. The van der Waals surface area contributed by atoms with E-state index >= 15 is 0 Å². The number of ether oxygens (including phenoxy) is 1. The Labute approximate surface area is 132 Å². The molecule has 0 spiro atoms. The van der Waals surface area contributed by atoms with Crippen LogP contribution in [0.3, 0.4) is 0 Å². The lowest BCUT2D eigenvalue weighted by Gasteiger charge is -2.12. The maximum atomic E-state index is 12.4. The zero-order valence-electron chi connectivity index (χ0n) is 11.8. The number of amides is 1. The molecule has 5 nitrogen and oxygen atoms in total. The number of carbonyl (C=O) groups is 2. The maximum absolute atomic E-state index is 12.4. The topological polar surface area (TPSA) is 75.6 Å². The van der Waals surface area contributed by atoms with Crippen LogP contribution in [0.2, 0.25) is 5.02 Å². The molecule has 0 saturated carbocycles. The number of rotatable bonds is 5.